The Bertz CT molecular complexity index is 281. The van der Waals surface area contributed by atoms with Gasteiger partial charge in [-0.1, -0.05) is 12.1 Å². The van der Waals surface area contributed by atoms with Crippen molar-refractivity contribution in [3.05, 3.63) is 29.3 Å². The average molecular weight is 178 g/mol. The van der Waals surface area contributed by atoms with E-state index in [-0.39, 0.29) is 0 Å². The maximum atomic E-state index is 5.55. The lowest BCUT2D eigenvalue weighted by molar-refractivity contribution is 0.802. The predicted octanol–water partition coefficient (Wildman–Crippen LogP) is 2.06. The molecule has 0 amide bonds. The van der Waals surface area contributed by atoms with Crippen LogP contribution in [0.4, 0.5) is 5.69 Å². The quantitative estimate of drug-likeness (QED) is 0.743. The fourth-order valence-corrected chi connectivity index (χ4v) is 1.23. The second-order valence-electron chi connectivity index (χ2n) is 3.53. The van der Waals surface area contributed by atoms with Crippen LogP contribution in [0.25, 0.3) is 0 Å². The zero-order valence-corrected chi connectivity index (χ0v) is 8.59. The van der Waals surface area contributed by atoms with Crippen molar-refractivity contribution in [2.24, 2.45) is 5.73 Å². The Balaban J connectivity index is 2.83. The van der Waals surface area contributed by atoms with Crippen molar-refractivity contribution >= 4 is 5.69 Å². The molecular weight excluding hydrogens is 160 g/mol. The normalized spacial score (nSPS) is 12.6. The van der Waals surface area contributed by atoms with Gasteiger partial charge in [-0.05, 0) is 38.0 Å². The lowest BCUT2D eigenvalue weighted by Gasteiger charge is -2.16. The van der Waals surface area contributed by atoms with Crippen LogP contribution in [0.15, 0.2) is 18.2 Å². The molecule has 0 heterocycles. The first-order valence-electron chi connectivity index (χ1n) is 4.68. The van der Waals surface area contributed by atoms with Crippen molar-refractivity contribution in [2.45, 2.75) is 26.8 Å². The standard InChI is InChI=1S/C11H18N2/c1-8-5-4-6-11(10(8)3)13-9(2)7-12/h4-6,9,13H,7,12H2,1-3H3. The highest BCUT2D eigenvalue weighted by molar-refractivity contribution is 5.54. The van der Waals surface area contributed by atoms with Gasteiger partial charge in [-0.2, -0.15) is 0 Å². The molecule has 0 saturated heterocycles. The van der Waals surface area contributed by atoms with Crippen molar-refractivity contribution in [3.8, 4) is 0 Å². The largest absolute Gasteiger partial charge is 0.381 e. The minimum Gasteiger partial charge on any atom is -0.381 e. The second-order valence-corrected chi connectivity index (χ2v) is 3.53. The summed E-state index contributed by atoms with van der Waals surface area (Å²) < 4.78 is 0. The molecule has 1 aromatic carbocycles. The van der Waals surface area contributed by atoms with E-state index in [1.165, 1.54) is 16.8 Å². The van der Waals surface area contributed by atoms with E-state index in [2.05, 4.69) is 44.3 Å². The van der Waals surface area contributed by atoms with Gasteiger partial charge in [0.05, 0.1) is 0 Å². The molecule has 0 aliphatic carbocycles. The molecule has 13 heavy (non-hydrogen) atoms. The van der Waals surface area contributed by atoms with Crippen LogP contribution in [0.3, 0.4) is 0 Å². The summed E-state index contributed by atoms with van der Waals surface area (Å²) >= 11 is 0. The van der Waals surface area contributed by atoms with E-state index < -0.39 is 0 Å². The van der Waals surface area contributed by atoms with E-state index in [9.17, 15) is 0 Å². The molecule has 2 nitrogen and oxygen atoms in total. The van der Waals surface area contributed by atoms with E-state index >= 15 is 0 Å². The van der Waals surface area contributed by atoms with Crippen LogP contribution in [0.2, 0.25) is 0 Å². The summed E-state index contributed by atoms with van der Waals surface area (Å²) in [5, 5.41) is 3.38. The molecular formula is C11H18N2. The topological polar surface area (TPSA) is 38.0 Å². The highest BCUT2D eigenvalue weighted by Crippen LogP contribution is 2.18. The number of rotatable bonds is 3. The summed E-state index contributed by atoms with van der Waals surface area (Å²) in [6.45, 7) is 6.99. The molecule has 72 valence electrons. The number of anilines is 1. The Labute approximate surface area is 80.1 Å². The van der Waals surface area contributed by atoms with Gasteiger partial charge in [-0.25, -0.2) is 0 Å². The minimum atomic E-state index is 0.334. The van der Waals surface area contributed by atoms with Crippen molar-refractivity contribution in [1.82, 2.24) is 0 Å². The van der Waals surface area contributed by atoms with Gasteiger partial charge in [0.25, 0.3) is 0 Å². The summed E-state index contributed by atoms with van der Waals surface area (Å²) in [6.07, 6.45) is 0. The predicted molar refractivity (Wildman–Crippen MR) is 58.1 cm³/mol. The molecule has 1 unspecified atom stereocenters. The van der Waals surface area contributed by atoms with Crippen LogP contribution < -0.4 is 11.1 Å². The zero-order chi connectivity index (χ0) is 9.84. The van der Waals surface area contributed by atoms with E-state index in [0.29, 0.717) is 12.6 Å². The molecule has 0 bridgehead atoms. The summed E-state index contributed by atoms with van der Waals surface area (Å²) in [5.41, 5.74) is 9.36. The monoisotopic (exact) mass is 178 g/mol. The first kappa shape index (κ1) is 10.1. The minimum absolute atomic E-state index is 0.334. The van der Waals surface area contributed by atoms with Crippen LogP contribution >= 0.6 is 0 Å². The van der Waals surface area contributed by atoms with Gasteiger partial charge < -0.3 is 11.1 Å². The number of hydrogen-bond acceptors (Lipinski definition) is 2. The maximum absolute atomic E-state index is 5.55. The fraction of sp³-hybridized carbons (Fsp3) is 0.455. The van der Waals surface area contributed by atoms with Gasteiger partial charge >= 0.3 is 0 Å². The molecule has 0 saturated carbocycles. The van der Waals surface area contributed by atoms with Gasteiger partial charge in [0, 0.05) is 18.3 Å². The Morgan fingerprint density at radius 1 is 1.38 bits per heavy atom. The SMILES string of the molecule is Cc1cccc(NC(C)CN)c1C. The summed E-state index contributed by atoms with van der Waals surface area (Å²) in [6, 6.07) is 6.61. The van der Waals surface area contributed by atoms with Crippen molar-refractivity contribution in [1.29, 1.82) is 0 Å². The third kappa shape index (κ3) is 2.46. The fourth-order valence-electron chi connectivity index (χ4n) is 1.23. The lowest BCUT2D eigenvalue weighted by atomic mass is 10.1. The van der Waals surface area contributed by atoms with Crippen molar-refractivity contribution in [2.75, 3.05) is 11.9 Å². The van der Waals surface area contributed by atoms with Crippen LogP contribution in [0.5, 0.6) is 0 Å². The van der Waals surface area contributed by atoms with Gasteiger partial charge in [0.1, 0.15) is 0 Å². The van der Waals surface area contributed by atoms with E-state index in [4.69, 9.17) is 5.73 Å². The molecule has 3 N–H and O–H groups in total. The van der Waals surface area contributed by atoms with Gasteiger partial charge in [0.15, 0.2) is 0 Å². The zero-order valence-electron chi connectivity index (χ0n) is 8.59. The Morgan fingerprint density at radius 2 is 2.08 bits per heavy atom. The summed E-state index contributed by atoms with van der Waals surface area (Å²) in [7, 11) is 0. The molecule has 0 aromatic heterocycles. The van der Waals surface area contributed by atoms with Crippen LogP contribution in [0.1, 0.15) is 18.1 Å². The molecule has 1 rings (SSSR count). The second kappa shape index (κ2) is 4.28. The number of nitrogens with one attached hydrogen (secondary N) is 1. The highest BCUT2D eigenvalue weighted by atomic mass is 14.9. The van der Waals surface area contributed by atoms with Gasteiger partial charge in [-0.3, -0.25) is 0 Å². The smallest absolute Gasteiger partial charge is 0.0375 e. The molecule has 1 atom stereocenters. The third-order valence-electron chi connectivity index (χ3n) is 2.36. The molecule has 0 aliphatic heterocycles. The number of aryl methyl sites for hydroxylation is 1. The van der Waals surface area contributed by atoms with Crippen molar-refractivity contribution in [3.63, 3.8) is 0 Å². The van der Waals surface area contributed by atoms with E-state index in [1.807, 2.05) is 0 Å². The Hall–Kier alpha value is -1.02. The molecule has 2 heteroatoms. The molecule has 0 fully saturated rings. The molecule has 0 radical (unpaired) electrons. The van der Waals surface area contributed by atoms with Crippen LogP contribution in [-0.4, -0.2) is 12.6 Å². The number of hydrogen-bond donors (Lipinski definition) is 2. The number of nitrogens with two attached hydrogens (primary N) is 1. The first-order valence-corrected chi connectivity index (χ1v) is 4.68. The molecule has 1 aromatic rings. The highest BCUT2D eigenvalue weighted by Gasteiger charge is 2.02. The Kier molecular flexibility index (Phi) is 3.32. The molecule has 0 spiro atoms. The van der Waals surface area contributed by atoms with Gasteiger partial charge in [0.2, 0.25) is 0 Å². The Morgan fingerprint density at radius 3 is 2.69 bits per heavy atom. The van der Waals surface area contributed by atoms with Crippen molar-refractivity contribution < 1.29 is 0 Å². The number of benzene rings is 1. The van der Waals surface area contributed by atoms with Crippen LogP contribution in [0, 0.1) is 13.8 Å². The summed E-state index contributed by atoms with van der Waals surface area (Å²) in [5.74, 6) is 0. The first-order chi connectivity index (χ1) is 6.15. The van der Waals surface area contributed by atoms with Gasteiger partial charge in [-0.15, -0.1) is 0 Å². The lowest BCUT2D eigenvalue weighted by Crippen LogP contribution is -2.25. The van der Waals surface area contributed by atoms with E-state index in [1.54, 1.807) is 0 Å². The maximum Gasteiger partial charge on any atom is 0.0375 e. The average Bonchev–Trinajstić information content (AvgIpc) is 2.13. The summed E-state index contributed by atoms with van der Waals surface area (Å²) in [4.78, 5) is 0. The molecule has 0 aliphatic rings. The third-order valence-corrected chi connectivity index (χ3v) is 2.36. The van der Waals surface area contributed by atoms with E-state index in [0.717, 1.165) is 0 Å². The van der Waals surface area contributed by atoms with Crippen LogP contribution in [-0.2, 0) is 0 Å².